The standard InChI is InChI=1S/C24H25F2N5O3.C21H20BrN5O3.C2H5F2N.Ir/c25-19(26)4-3-14-5-7-31-18(13-29-20(31)8-14)22(33)30-15-9-24(10-15)11-16(12-24)34-23-17(21(27)32)2-1-6-28-23;22-12-3-5-27-16(11-25-17(27)6-12)19(29)26-13-7-21(8-13)9-14(10-21)30-20-15(18(23)28)2-1-4-24-20;3-2(4)1-5;/h1-2,5-8,13,15-16,19H,3-4,9-12H2,(H2,27,32)(H,30,33);1-6,11,13-14H,7-10H2,(H2,23,28)(H,26,29);2H,1,5H2;. The van der Waals surface area contributed by atoms with Crippen LogP contribution in [-0.2, 0) is 26.5 Å². The van der Waals surface area contributed by atoms with E-state index < -0.39 is 31.2 Å². The molecule has 0 bridgehead atoms. The van der Waals surface area contributed by atoms with Gasteiger partial charge in [0.25, 0.3) is 30.1 Å². The smallest absolute Gasteiger partial charge is 0.270 e. The number of nitrogens with zero attached hydrogens (tertiary/aromatic N) is 6. The van der Waals surface area contributed by atoms with E-state index in [0.29, 0.717) is 28.5 Å². The predicted molar refractivity (Wildman–Crippen MR) is 246 cm³/mol. The van der Waals surface area contributed by atoms with E-state index in [2.05, 4.69) is 52.2 Å². The summed E-state index contributed by atoms with van der Waals surface area (Å²) in [6.45, 7) is -0.528. The Balaban J connectivity index is 0.000000187. The molecular formula is C47H50BrF4IrN11O6. The number of ether oxygens (including phenoxy) is 2. The number of carbonyl (C=O) groups excluding carboxylic acids is 4. The number of nitrogens with one attached hydrogen (secondary N) is 2. The van der Waals surface area contributed by atoms with E-state index in [4.69, 9.17) is 20.9 Å². The molecule has 70 heavy (non-hydrogen) atoms. The Morgan fingerprint density at radius 2 is 1.13 bits per heavy atom. The molecule has 373 valence electrons. The molecule has 4 amide bonds. The minimum absolute atomic E-state index is 0. The van der Waals surface area contributed by atoms with Crippen LogP contribution in [0.2, 0.25) is 0 Å². The first-order valence-corrected chi connectivity index (χ1v) is 23.1. The minimum atomic E-state index is -2.34. The number of aromatic nitrogens is 6. The van der Waals surface area contributed by atoms with Crippen molar-refractivity contribution in [3.05, 3.63) is 118 Å². The van der Waals surface area contributed by atoms with Crippen molar-refractivity contribution < 1.29 is 66.3 Å². The largest absolute Gasteiger partial charge is 0.474 e. The summed E-state index contributed by atoms with van der Waals surface area (Å²) < 4.78 is 62.3. The van der Waals surface area contributed by atoms with Gasteiger partial charge in [-0.15, -0.1) is 0 Å². The van der Waals surface area contributed by atoms with E-state index in [1.165, 1.54) is 6.20 Å². The molecule has 17 nitrogen and oxygen atoms in total. The zero-order valence-electron chi connectivity index (χ0n) is 37.4. The summed E-state index contributed by atoms with van der Waals surface area (Å²) in [5.74, 6) is -0.869. The van der Waals surface area contributed by atoms with Crippen molar-refractivity contribution in [2.45, 2.75) is 101 Å². The topological polar surface area (TPSA) is 249 Å². The third-order valence-corrected chi connectivity index (χ3v) is 13.5. The Morgan fingerprint density at radius 3 is 1.56 bits per heavy atom. The summed E-state index contributed by atoms with van der Waals surface area (Å²) in [4.78, 5) is 65.3. The first-order valence-electron chi connectivity index (χ1n) is 22.3. The van der Waals surface area contributed by atoms with Crippen LogP contribution in [0.5, 0.6) is 11.8 Å². The van der Waals surface area contributed by atoms with Crippen molar-refractivity contribution in [1.82, 2.24) is 39.4 Å². The molecule has 0 aromatic carbocycles. The summed E-state index contributed by atoms with van der Waals surface area (Å²) >= 11 is 3.41. The molecule has 1 radical (unpaired) electrons. The van der Waals surface area contributed by atoms with Gasteiger partial charge in [0.1, 0.15) is 46.0 Å². The van der Waals surface area contributed by atoms with E-state index >= 15 is 0 Å². The molecule has 0 unspecified atom stereocenters. The quantitative estimate of drug-likeness (QED) is 0.0784. The third kappa shape index (κ3) is 11.9. The van der Waals surface area contributed by atoms with Crippen molar-refractivity contribution in [3.63, 3.8) is 0 Å². The molecule has 23 heteroatoms. The second-order valence-corrected chi connectivity index (χ2v) is 19.0. The summed E-state index contributed by atoms with van der Waals surface area (Å²) in [7, 11) is 0. The van der Waals surface area contributed by atoms with Crippen molar-refractivity contribution in [2.24, 2.45) is 28.0 Å². The number of aryl methyl sites for hydroxylation is 1. The predicted octanol–water partition coefficient (Wildman–Crippen LogP) is 6.06. The first-order chi connectivity index (χ1) is 33.0. The second-order valence-electron chi connectivity index (χ2n) is 18.1. The number of hydrogen-bond donors (Lipinski definition) is 5. The van der Waals surface area contributed by atoms with Crippen LogP contribution in [0.1, 0.15) is 105 Å². The third-order valence-electron chi connectivity index (χ3n) is 13.0. The zero-order valence-corrected chi connectivity index (χ0v) is 41.4. The minimum Gasteiger partial charge on any atom is -0.474 e. The summed E-state index contributed by atoms with van der Waals surface area (Å²) in [6, 6.07) is 14.0. The van der Waals surface area contributed by atoms with Gasteiger partial charge in [-0.2, -0.15) is 0 Å². The maximum absolute atomic E-state index is 12.8. The van der Waals surface area contributed by atoms with Gasteiger partial charge in [-0.05, 0) is 123 Å². The van der Waals surface area contributed by atoms with Gasteiger partial charge >= 0.3 is 0 Å². The molecule has 10 rings (SSSR count). The second kappa shape index (κ2) is 21.9. The Bertz CT molecular complexity index is 2840. The number of hydrogen-bond acceptors (Lipinski definition) is 11. The zero-order chi connectivity index (χ0) is 49.0. The SMILES string of the molecule is NC(=O)c1cccnc1OC1CC2(CC(NC(=O)c3cnc4cc(Br)ccn34)C2)C1.NC(=O)c1cccnc1OC1CC2(CC(NC(=O)c3cnc4cc(CCC(F)F)ccn34)C2)C1.NCC(F)F.[Ir]. The number of carbonyl (C=O) groups is 4. The Morgan fingerprint density at radius 1 is 0.686 bits per heavy atom. The van der Waals surface area contributed by atoms with Crippen LogP contribution >= 0.6 is 15.9 Å². The molecule has 4 fully saturated rings. The van der Waals surface area contributed by atoms with Gasteiger partial charge in [-0.25, -0.2) is 37.5 Å². The normalized spacial score (nSPS) is 22.7. The van der Waals surface area contributed by atoms with Gasteiger partial charge in [0.2, 0.25) is 18.2 Å². The number of primary amides is 2. The average molecular weight is 1210 g/mol. The fourth-order valence-corrected chi connectivity index (χ4v) is 10.1. The van der Waals surface area contributed by atoms with E-state index in [1.54, 1.807) is 70.0 Å². The molecule has 6 aromatic heterocycles. The van der Waals surface area contributed by atoms with Gasteiger partial charge in [-0.3, -0.25) is 28.0 Å². The number of alkyl halides is 4. The molecule has 8 N–H and O–H groups in total. The first kappa shape index (κ1) is 51.8. The van der Waals surface area contributed by atoms with Crippen LogP contribution in [0.25, 0.3) is 11.3 Å². The summed E-state index contributed by atoms with van der Waals surface area (Å²) in [6.07, 6.45) is 12.2. The monoisotopic (exact) mass is 1210 g/mol. The van der Waals surface area contributed by atoms with E-state index in [-0.39, 0.29) is 91.3 Å². The van der Waals surface area contributed by atoms with Crippen molar-refractivity contribution in [1.29, 1.82) is 0 Å². The summed E-state index contributed by atoms with van der Waals surface area (Å²) in [5, 5.41) is 6.18. The van der Waals surface area contributed by atoms with Crippen LogP contribution in [0.3, 0.4) is 0 Å². The number of fused-ring (bicyclic) bond motifs is 2. The molecule has 6 heterocycles. The number of rotatable bonds is 14. The van der Waals surface area contributed by atoms with E-state index in [0.717, 1.165) is 67.0 Å². The number of nitrogens with two attached hydrogens (primary N) is 3. The summed E-state index contributed by atoms with van der Waals surface area (Å²) in [5.41, 5.74) is 19.1. The van der Waals surface area contributed by atoms with Crippen molar-refractivity contribution in [2.75, 3.05) is 6.54 Å². The Hall–Kier alpha value is -6.03. The molecule has 4 aliphatic rings. The maximum atomic E-state index is 12.8. The number of pyridine rings is 4. The van der Waals surface area contributed by atoms with E-state index in [1.807, 2.05) is 18.3 Å². The van der Waals surface area contributed by atoms with Crippen molar-refractivity contribution in [3.8, 4) is 11.8 Å². The fourth-order valence-electron chi connectivity index (χ4n) is 9.75. The average Bonchev–Trinajstić information content (AvgIpc) is 3.90. The fraction of sp³-hybridized carbons (Fsp3) is 0.404. The molecule has 0 atom stereocenters. The van der Waals surface area contributed by atoms with Gasteiger partial charge < -0.3 is 37.3 Å². The van der Waals surface area contributed by atoms with Crippen molar-refractivity contribution >= 4 is 50.9 Å². The molecule has 0 saturated heterocycles. The molecule has 4 aliphatic carbocycles. The van der Waals surface area contributed by atoms with Crippen LogP contribution in [-0.4, -0.2) is 96.1 Å². The molecule has 2 spiro atoms. The van der Waals surface area contributed by atoms with E-state index in [9.17, 15) is 36.7 Å². The van der Waals surface area contributed by atoms with Gasteiger partial charge in [0.05, 0.1) is 18.9 Å². The Labute approximate surface area is 420 Å². The van der Waals surface area contributed by atoms with Gasteiger partial charge in [0.15, 0.2) is 0 Å². The molecule has 4 saturated carbocycles. The van der Waals surface area contributed by atoms with Gasteiger partial charge in [-0.1, -0.05) is 15.9 Å². The number of amides is 4. The van der Waals surface area contributed by atoms with Gasteiger partial charge in [0, 0.05) is 67.9 Å². The Kier molecular flexibility index (Phi) is 16.2. The van der Waals surface area contributed by atoms with Crippen LogP contribution < -0.4 is 37.3 Å². The van der Waals surface area contributed by atoms with Crippen LogP contribution in [0.4, 0.5) is 17.6 Å². The van der Waals surface area contributed by atoms with Crippen LogP contribution in [0.15, 0.2) is 90.2 Å². The molecule has 6 aromatic rings. The number of imidazole rings is 2. The number of halogens is 5. The molecule has 0 aliphatic heterocycles. The van der Waals surface area contributed by atoms with Crippen LogP contribution in [0, 0.1) is 10.8 Å². The molecular weight excluding hydrogens is 1160 g/mol. The maximum Gasteiger partial charge on any atom is 0.270 e.